The zero-order chi connectivity index (χ0) is 10.7. The van der Waals surface area contributed by atoms with Crippen LogP contribution in [0.25, 0.3) is 0 Å². The molecule has 1 saturated carbocycles. The van der Waals surface area contributed by atoms with Crippen molar-refractivity contribution < 1.29 is 4.74 Å². The monoisotopic (exact) mass is 206 g/mol. The van der Waals surface area contributed by atoms with E-state index in [2.05, 4.69) is 17.2 Å². The van der Waals surface area contributed by atoms with Crippen LogP contribution in [0, 0.1) is 5.92 Å². The minimum Gasteiger partial charge on any atom is -0.481 e. The van der Waals surface area contributed by atoms with E-state index in [0.29, 0.717) is 11.9 Å². The van der Waals surface area contributed by atoms with Crippen LogP contribution in [0.2, 0.25) is 0 Å². The van der Waals surface area contributed by atoms with Crippen molar-refractivity contribution in [3.63, 3.8) is 0 Å². The molecule has 1 aliphatic rings. The maximum absolute atomic E-state index is 5.10. The van der Waals surface area contributed by atoms with Crippen LogP contribution in [0.3, 0.4) is 0 Å². The van der Waals surface area contributed by atoms with Gasteiger partial charge in [0.2, 0.25) is 5.88 Å². The lowest BCUT2D eigenvalue weighted by molar-refractivity contribution is 0.398. The van der Waals surface area contributed by atoms with Crippen molar-refractivity contribution >= 4 is 5.69 Å². The van der Waals surface area contributed by atoms with Crippen LogP contribution in [0.1, 0.15) is 26.2 Å². The molecule has 82 valence electrons. The second kappa shape index (κ2) is 4.51. The molecule has 0 amide bonds. The summed E-state index contributed by atoms with van der Waals surface area (Å²) in [5.74, 6) is 1.44. The summed E-state index contributed by atoms with van der Waals surface area (Å²) in [5, 5.41) is 3.55. The number of methoxy groups -OCH3 is 1. The zero-order valence-corrected chi connectivity index (χ0v) is 9.36. The standard InChI is InChI=1S/C12H18N2O/c1-9-4-3-5-11(9)14-10-6-7-13-12(8-10)15-2/h6-9,11H,3-5H2,1-2H3,(H,13,14). The molecule has 3 heteroatoms. The third-order valence-corrected chi connectivity index (χ3v) is 3.16. The molecule has 15 heavy (non-hydrogen) atoms. The Morgan fingerprint density at radius 3 is 3.00 bits per heavy atom. The predicted octanol–water partition coefficient (Wildman–Crippen LogP) is 2.69. The van der Waals surface area contributed by atoms with Gasteiger partial charge in [0.1, 0.15) is 0 Å². The van der Waals surface area contributed by atoms with E-state index in [1.165, 1.54) is 19.3 Å². The quantitative estimate of drug-likeness (QED) is 0.825. The van der Waals surface area contributed by atoms with Crippen LogP contribution in [-0.2, 0) is 0 Å². The molecule has 0 spiro atoms. The smallest absolute Gasteiger partial charge is 0.214 e. The Hall–Kier alpha value is -1.25. The van der Waals surface area contributed by atoms with Crippen LogP contribution in [0.15, 0.2) is 18.3 Å². The van der Waals surface area contributed by atoms with Crippen LogP contribution in [0.4, 0.5) is 5.69 Å². The second-order valence-corrected chi connectivity index (χ2v) is 4.25. The van der Waals surface area contributed by atoms with E-state index >= 15 is 0 Å². The van der Waals surface area contributed by atoms with Crippen molar-refractivity contribution in [2.75, 3.05) is 12.4 Å². The van der Waals surface area contributed by atoms with Crippen molar-refractivity contribution in [2.45, 2.75) is 32.2 Å². The van der Waals surface area contributed by atoms with Crippen molar-refractivity contribution in [3.8, 4) is 5.88 Å². The molecule has 1 heterocycles. The Kier molecular flexibility index (Phi) is 3.09. The van der Waals surface area contributed by atoms with Gasteiger partial charge in [-0.3, -0.25) is 0 Å². The van der Waals surface area contributed by atoms with Gasteiger partial charge in [-0.2, -0.15) is 0 Å². The highest BCUT2D eigenvalue weighted by molar-refractivity contribution is 5.46. The van der Waals surface area contributed by atoms with E-state index in [1.807, 2.05) is 12.1 Å². The summed E-state index contributed by atoms with van der Waals surface area (Å²) in [6, 6.07) is 4.55. The van der Waals surface area contributed by atoms with Gasteiger partial charge in [0.25, 0.3) is 0 Å². The summed E-state index contributed by atoms with van der Waals surface area (Å²) < 4.78 is 5.10. The number of ether oxygens (including phenoxy) is 1. The molecule has 0 aliphatic heterocycles. The van der Waals surface area contributed by atoms with E-state index in [4.69, 9.17) is 4.74 Å². The average molecular weight is 206 g/mol. The van der Waals surface area contributed by atoms with Gasteiger partial charge in [-0.05, 0) is 24.8 Å². The van der Waals surface area contributed by atoms with Crippen LogP contribution < -0.4 is 10.1 Å². The number of hydrogen-bond donors (Lipinski definition) is 1. The summed E-state index contributed by atoms with van der Waals surface area (Å²) in [6.07, 6.45) is 5.72. The molecule has 0 bridgehead atoms. The molecule has 1 fully saturated rings. The molecule has 1 N–H and O–H groups in total. The normalized spacial score (nSPS) is 25.2. The number of pyridine rings is 1. The van der Waals surface area contributed by atoms with Crippen molar-refractivity contribution in [2.24, 2.45) is 5.92 Å². The van der Waals surface area contributed by atoms with E-state index in [1.54, 1.807) is 13.3 Å². The topological polar surface area (TPSA) is 34.1 Å². The Balaban J connectivity index is 2.03. The summed E-state index contributed by atoms with van der Waals surface area (Å²) in [5.41, 5.74) is 1.11. The Bertz CT molecular complexity index is 327. The summed E-state index contributed by atoms with van der Waals surface area (Å²) in [6.45, 7) is 2.31. The van der Waals surface area contributed by atoms with Gasteiger partial charge in [0.15, 0.2) is 0 Å². The van der Waals surface area contributed by atoms with Crippen LogP contribution >= 0.6 is 0 Å². The molecule has 2 rings (SSSR count). The fraction of sp³-hybridized carbons (Fsp3) is 0.583. The SMILES string of the molecule is COc1cc(NC2CCCC2C)ccn1. The largest absolute Gasteiger partial charge is 0.481 e. The number of aromatic nitrogens is 1. The molecular formula is C12H18N2O. The molecule has 0 saturated heterocycles. The highest BCUT2D eigenvalue weighted by Gasteiger charge is 2.22. The zero-order valence-electron chi connectivity index (χ0n) is 9.36. The Morgan fingerprint density at radius 1 is 1.47 bits per heavy atom. The lowest BCUT2D eigenvalue weighted by Gasteiger charge is -2.18. The molecule has 1 aromatic rings. The van der Waals surface area contributed by atoms with Crippen molar-refractivity contribution in [1.29, 1.82) is 0 Å². The first-order valence-corrected chi connectivity index (χ1v) is 5.56. The van der Waals surface area contributed by atoms with Gasteiger partial charge in [-0.25, -0.2) is 4.98 Å². The van der Waals surface area contributed by atoms with Crippen LogP contribution in [0.5, 0.6) is 5.88 Å². The molecule has 2 unspecified atom stereocenters. The Morgan fingerprint density at radius 2 is 2.33 bits per heavy atom. The van der Waals surface area contributed by atoms with Crippen molar-refractivity contribution in [1.82, 2.24) is 4.98 Å². The number of rotatable bonds is 3. The lowest BCUT2D eigenvalue weighted by Crippen LogP contribution is -2.21. The van der Waals surface area contributed by atoms with Gasteiger partial charge in [0, 0.05) is 24.0 Å². The Labute approximate surface area is 90.9 Å². The van der Waals surface area contributed by atoms with E-state index in [-0.39, 0.29) is 0 Å². The highest BCUT2D eigenvalue weighted by Crippen LogP contribution is 2.28. The number of anilines is 1. The number of hydrogen-bond acceptors (Lipinski definition) is 3. The maximum Gasteiger partial charge on any atom is 0.214 e. The van der Waals surface area contributed by atoms with Crippen LogP contribution in [-0.4, -0.2) is 18.1 Å². The van der Waals surface area contributed by atoms with E-state index in [9.17, 15) is 0 Å². The summed E-state index contributed by atoms with van der Waals surface area (Å²) >= 11 is 0. The molecule has 1 aromatic heterocycles. The lowest BCUT2D eigenvalue weighted by atomic mass is 10.1. The molecule has 0 radical (unpaired) electrons. The highest BCUT2D eigenvalue weighted by atomic mass is 16.5. The number of nitrogens with one attached hydrogen (secondary N) is 1. The average Bonchev–Trinajstić information content (AvgIpc) is 2.65. The minimum atomic E-state index is 0.608. The van der Waals surface area contributed by atoms with Gasteiger partial charge in [-0.15, -0.1) is 0 Å². The van der Waals surface area contributed by atoms with Crippen molar-refractivity contribution in [3.05, 3.63) is 18.3 Å². The van der Waals surface area contributed by atoms with E-state index < -0.39 is 0 Å². The molecular weight excluding hydrogens is 188 g/mol. The fourth-order valence-corrected chi connectivity index (χ4v) is 2.18. The second-order valence-electron chi connectivity index (χ2n) is 4.25. The van der Waals surface area contributed by atoms with Gasteiger partial charge in [-0.1, -0.05) is 13.3 Å². The maximum atomic E-state index is 5.10. The van der Waals surface area contributed by atoms with E-state index in [0.717, 1.165) is 11.6 Å². The van der Waals surface area contributed by atoms with Gasteiger partial charge in [0.05, 0.1) is 7.11 Å². The molecule has 1 aliphatic carbocycles. The van der Waals surface area contributed by atoms with Gasteiger partial charge >= 0.3 is 0 Å². The first-order chi connectivity index (χ1) is 7.29. The first-order valence-electron chi connectivity index (χ1n) is 5.56. The third-order valence-electron chi connectivity index (χ3n) is 3.16. The summed E-state index contributed by atoms with van der Waals surface area (Å²) in [4.78, 5) is 4.09. The third kappa shape index (κ3) is 2.41. The number of nitrogens with zero attached hydrogens (tertiary/aromatic N) is 1. The summed E-state index contributed by atoms with van der Waals surface area (Å²) in [7, 11) is 1.64. The molecule has 0 aromatic carbocycles. The van der Waals surface area contributed by atoms with Gasteiger partial charge < -0.3 is 10.1 Å². The predicted molar refractivity (Wildman–Crippen MR) is 61.2 cm³/mol. The minimum absolute atomic E-state index is 0.608. The first kappa shape index (κ1) is 10.3. The molecule has 3 nitrogen and oxygen atoms in total. The fourth-order valence-electron chi connectivity index (χ4n) is 2.18. The molecule has 2 atom stereocenters.